The van der Waals surface area contributed by atoms with E-state index in [4.69, 9.17) is 9.15 Å². The Bertz CT molecular complexity index is 876. The second kappa shape index (κ2) is 6.76. The quantitative estimate of drug-likeness (QED) is 0.776. The number of hydrogen-bond donors (Lipinski definition) is 1. The van der Waals surface area contributed by atoms with Gasteiger partial charge in [-0.25, -0.2) is 0 Å². The zero-order chi connectivity index (χ0) is 17.1. The summed E-state index contributed by atoms with van der Waals surface area (Å²) >= 11 is 0. The summed E-state index contributed by atoms with van der Waals surface area (Å²) in [6, 6.07) is 17.5. The van der Waals surface area contributed by atoms with Crippen LogP contribution in [0.1, 0.15) is 17.3 Å². The van der Waals surface area contributed by atoms with Crippen molar-refractivity contribution in [3.8, 4) is 5.75 Å². The highest BCUT2D eigenvalue weighted by molar-refractivity contribution is 5.97. The van der Waals surface area contributed by atoms with Crippen molar-refractivity contribution >= 4 is 11.6 Å². The largest absolute Gasteiger partial charge is 0.478 e. The van der Waals surface area contributed by atoms with Crippen LogP contribution in [-0.4, -0.2) is 22.2 Å². The lowest BCUT2D eigenvalue weighted by Crippen LogP contribution is -2.38. The molecule has 6 heteroatoms. The molecule has 1 aliphatic heterocycles. The van der Waals surface area contributed by atoms with Crippen molar-refractivity contribution in [2.75, 3.05) is 5.32 Å². The normalized spacial score (nSPS) is 16.0. The Morgan fingerprint density at radius 2 is 1.68 bits per heavy atom. The molecule has 0 fully saturated rings. The maximum Gasteiger partial charge on any atom is 0.266 e. The Hall–Kier alpha value is -3.15. The highest BCUT2D eigenvalue weighted by Gasteiger charge is 2.29. The van der Waals surface area contributed by atoms with Crippen molar-refractivity contribution in [2.45, 2.75) is 25.4 Å². The summed E-state index contributed by atoms with van der Waals surface area (Å²) in [5.41, 5.74) is 1.90. The Kier molecular flexibility index (Phi) is 4.16. The van der Waals surface area contributed by atoms with Crippen LogP contribution in [-0.2, 0) is 24.1 Å². The van der Waals surface area contributed by atoms with Gasteiger partial charge in [0.05, 0.1) is 12.1 Å². The van der Waals surface area contributed by atoms with Crippen LogP contribution in [0.25, 0.3) is 0 Å². The van der Waals surface area contributed by atoms with E-state index in [0.717, 1.165) is 6.42 Å². The second-order valence-electron chi connectivity index (χ2n) is 5.87. The van der Waals surface area contributed by atoms with Gasteiger partial charge in [0.2, 0.25) is 11.8 Å². The third-order valence-corrected chi connectivity index (χ3v) is 4.05. The molecule has 0 spiro atoms. The number of benzene rings is 2. The van der Waals surface area contributed by atoms with Crippen LogP contribution in [0.2, 0.25) is 0 Å². The molecule has 6 nitrogen and oxygen atoms in total. The first kappa shape index (κ1) is 15.4. The Morgan fingerprint density at radius 1 is 0.920 bits per heavy atom. The van der Waals surface area contributed by atoms with Crippen LogP contribution in [0.15, 0.2) is 59.0 Å². The lowest BCUT2D eigenvalue weighted by atomic mass is 10.1. The van der Waals surface area contributed by atoms with Crippen LogP contribution < -0.4 is 10.1 Å². The molecular formula is C19H17N3O3. The maximum absolute atomic E-state index is 12.2. The predicted octanol–water partition coefficient (Wildman–Crippen LogP) is 2.80. The average Bonchev–Trinajstić information content (AvgIpc) is 3.09. The number of para-hydroxylation sites is 2. The number of nitrogens with one attached hydrogen (secondary N) is 1. The minimum atomic E-state index is -0.669. The summed E-state index contributed by atoms with van der Waals surface area (Å²) in [7, 11) is 0. The Morgan fingerprint density at radius 3 is 2.56 bits per heavy atom. The van der Waals surface area contributed by atoms with Gasteiger partial charge in [-0.05, 0) is 24.1 Å². The number of aryl methyl sites for hydroxylation is 2. The average molecular weight is 335 g/mol. The molecule has 0 aliphatic carbocycles. The van der Waals surface area contributed by atoms with Gasteiger partial charge in [-0.15, -0.1) is 10.2 Å². The number of carbonyl (C=O) groups excluding carboxylic acids is 1. The molecule has 0 saturated heterocycles. The Balaban J connectivity index is 1.39. The molecule has 1 aromatic heterocycles. The predicted molar refractivity (Wildman–Crippen MR) is 91.3 cm³/mol. The van der Waals surface area contributed by atoms with Crippen LogP contribution in [0.3, 0.4) is 0 Å². The van der Waals surface area contributed by atoms with Gasteiger partial charge in [0.1, 0.15) is 5.75 Å². The third-order valence-electron chi connectivity index (χ3n) is 4.05. The molecule has 1 atom stereocenters. The van der Waals surface area contributed by atoms with Gasteiger partial charge in [0.15, 0.2) is 6.10 Å². The van der Waals surface area contributed by atoms with E-state index in [0.29, 0.717) is 29.6 Å². The zero-order valence-corrected chi connectivity index (χ0v) is 13.5. The monoisotopic (exact) mass is 335 g/mol. The van der Waals surface area contributed by atoms with Gasteiger partial charge in [-0.1, -0.05) is 42.5 Å². The van der Waals surface area contributed by atoms with Gasteiger partial charge in [0, 0.05) is 6.42 Å². The molecular weight excluding hydrogens is 318 g/mol. The number of rotatable bonds is 5. The maximum atomic E-state index is 12.2. The fourth-order valence-electron chi connectivity index (χ4n) is 2.75. The molecule has 0 saturated carbocycles. The summed E-state index contributed by atoms with van der Waals surface area (Å²) in [6.07, 6.45) is 1.07. The molecule has 0 radical (unpaired) electrons. The number of aromatic nitrogens is 2. The van der Waals surface area contributed by atoms with Crippen LogP contribution in [0.4, 0.5) is 5.69 Å². The Labute approximate surface area is 144 Å². The fraction of sp³-hybridized carbons (Fsp3) is 0.211. The van der Waals surface area contributed by atoms with E-state index >= 15 is 0 Å². The van der Waals surface area contributed by atoms with Crippen molar-refractivity contribution in [3.63, 3.8) is 0 Å². The molecule has 0 bridgehead atoms. The van der Waals surface area contributed by atoms with Gasteiger partial charge in [-0.2, -0.15) is 0 Å². The lowest BCUT2D eigenvalue weighted by Gasteiger charge is -2.24. The number of amides is 1. The van der Waals surface area contributed by atoms with E-state index in [2.05, 4.69) is 27.6 Å². The summed E-state index contributed by atoms with van der Waals surface area (Å²) in [5, 5.41) is 10.9. The molecule has 1 N–H and O–H groups in total. The van der Waals surface area contributed by atoms with E-state index in [9.17, 15) is 4.79 Å². The number of nitrogens with zero attached hydrogens (tertiary/aromatic N) is 2. The molecule has 2 heterocycles. The highest BCUT2D eigenvalue weighted by Crippen LogP contribution is 2.29. The standard InChI is InChI=1S/C19H17N3O3/c23-19-16(24-15-9-5-4-8-14(15)20-19)12-18-22-21-17(25-18)11-10-13-6-2-1-3-7-13/h1-9,16H,10-12H2,(H,20,23). The van der Waals surface area contributed by atoms with E-state index in [1.807, 2.05) is 36.4 Å². The van der Waals surface area contributed by atoms with Crippen LogP contribution >= 0.6 is 0 Å². The molecule has 2 aromatic carbocycles. The molecule has 1 aliphatic rings. The van der Waals surface area contributed by atoms with Gasteiger partial charge in [-0.3, -0.25) is 4.79 Å². The topological polar surface area (TPSA) is 77.2 Å². The summed E-state index contributed by atoms with van der Waals surface area (Å²) in [5.74, 6) is 1.41. The van der Waals surface area contributed by atoms with Gasteiger partial charge >= 0.3 is 0 Å². The van der Waals surface area contributed by atoms with Gasteiger partial charge in [0.25, 0.3) is 5.91 Å². The van der Waals surface area contributed by atoms with Crippen LogP contribution in [0, 0.1) is 0 Å². The number of anilines is 1. The highest BCUT2D eigenvalue weighted by atomic mass is 16.5. The van der Waals surface area contributed by atoms with Crippen molar-refractivity contribution in [1.82, 2.24) is 10.2 Å². The zero-order valence-electron chi connectivity index (χ0n) is 13.5. The van der Waals surface area contributed by atoms with E-state index in [1.54, 1.807) is 6.07 Å². The molecule has 25 heavy (non-hydrogen) atoms. The molecule has 3 aromatic rings. The van der Waals surface area contributed by atoms with E-state index in [-0.39, 0.29) is 12.3 Å². The molecule has 126 valence electrons. The summed E-state index contributed by atoms with van der Waals surface area (Å²) < 4.78 is 11.4. The first-order valence-corrected chi connectivity index (χ1v) is 8.20. The van der Waals surface area contributed by atoms with E-state index < -0.39 is 6.10 Å². The minimum Gasteiger partial charge on any atom is -0.478 e. The fourth-order valence-corrected chi connectivity index (χ4v) is 2.75. The van der Waals surface area contributed by atoms with Crippen LogP contribution in [0.5, 0.6) is 5.75 Å². The van der Waals surface area contributed by atoms with Crippen molar-refractivity contribution in [3.05, 3.63) is 71.9 Å². The first-order valence-electron chi connectivity index (χ1n) is 8.20. The molecule has 1 amide bonds. The van der Waals surface area contributed by atoms with Crippen molar-refractivity contribution in [2.24, 2.45) is 0 Å². The van der Waals surface area contributed by atoms with Gasteiger partial charge < -0.3 is 14.5 Å². The number of fused-ring (bicyclic) bond motifs is 1. The first-order chi connectivity index (χ1) is 12.3. The molecule has 1 unspecified atom stereocenters. The number of carbonyl (C=O) groups is 1. The number of ether oxygens (including phenoxy) is 1. The van der Waals surface area contributed by atoms with Crippen molar-refractivity contribution < 1.29 is 13.9 Å². The lowest BCUT2D eigenvalue weighted by molar-refractivity contribution is -0.123. The smallest absolute Gasteiger partial charge is 0.266 e. The summed E-state index contributed by atoms with van der Waals surface area (Å²) in [4.78, 5) is 12.2. The van der Waals surface area contributed by atoms with E-state index in [1.165, 1.54) is 5.56 Å². The minimum absolute atomic E-state index is 0.206. The third kappa shape index (κ3) is 3.52. The SMILES string of the molecule is O=C1Nc2ccccc2OC1Cc1nnc(CCc2ccccc2)o1. The number of hydrogen-bond acceptors (Lipinski definition) is 5. The van der Waals surface area contributed by atoms with Crippen molar-refractivity contribution in [1.29, 1.82) is 0 Å². The second-order valence-corrected chi connectivity index (χ2v) is 5.87. The molecule has 4 rings (SSSR count). The summed E-state index contributed by atoms with van der Waals surface area (Å²) in [6.45, 7) is 0.